The molecule has 0 saturated carbocycles. The minimum atomic E-state index is -4.47. The topological polar surface area (TPSA) is 39.9 Å². The van der Waals surface area contributed by atoms with Crippen LogP contribution < -0.4 is 0 Å². The minimum absolute atomic E-state index is 0.318. The van der Waals surface area contributed by atoms with Crippen molar-refractivity contribution in [2.45, 2.75) is 19.6 Å². The van der Waals surface area contributed by atoms with E-state index in [-0.39, 0.29) is 6.54 Å². The van der Waals surface area contributed by atoms with Crippen LogP contribution in [0.2, 0.25) is 0 Å². The van der Waals surface area contributed by atoms with Gasteiger partial charge in [0.15, 0.2) is 5.92 Å². The molecule has 94 valence electrons. The van der Waals surface area contributed by atoms with Crippen LogP contribution in [-0.2, 0) is 6.54 Å². The van der Waals surface area contributed by atoms with E-state index in [2.05, 4.69) is 4.98 Å². The van der Waals surface area contributed by atoms with Crippen LogP contribution in [0.4, 0.5) is 13.2 Å². The number of nitrogens with zero attached hydrogens (tertiary/aromatic N) is 3. The number of rotatable bonds is 4. The molecule has 0 aliphatic heterocycles. The number of alkyl halides is 3. The molecule has 1 aromatic heterocycles. The minimum Gasteiger partial charge on any atom is -0.299 e. The van der Waals surface area contributed by atoms with E-state index in [1.807, 2.05) is 6.92 Å². The average molecular weight is 263 g/mol. The molecule has 1 heterocycles. The van der Waals surface area contributed by atoms with Crippen LogP contribution in [0, 0.1) is 24.2 Å². The standard InChI is InChI=1S/C10H12F3N3S/c1-7-15-9(6-17-7)5-16(2)4-8(3-14)10(11,12)13/h6,8H,4-5H2,1-2H3. The second-order valence-corrected chi connectivity index (χ2v) is 4.84. The fraction of sp³-hybridized carbons (Fsp3) is 0.600. The molecule has 0 amide bonds. The van der Waals surface area contributed by atoms with Crippen molar-refractivity contribution in [2.75, 3.05) is 13.6 Å². The van der Waals surface area contributed by atoms with Gasteiger partial charge in [0.2, 0.25) is 0 Å². The molecule has 17 heavy (non-hydrogen) atoms. The summed E-state index contributed by atoms with van der Waals surface area (Å²) < 4.78 is 37.1. The van der Waals surface area contributed by atoms with E-state index in [4.69, 9.17) is 5.26 Å². The molecule has 1 rings (SSSR count). The highest BCUT2D eigenvalue weighted by atomic mass is 32.1. The van der Waals surface area contributed by atoms with E-state index in [0.29, 0.717) is 6.54 Å². The van der Waals surface area contributed by atoms with Gasteiger partial charge in [-0.15, -0.1) is 11.3 Å². The number of hydrogen-bond donors (Lipinski definition) is 0. The maximum Gasteiger partial charge on any atom is 0.405 e. The first kappa shape index (κ1) is 13.9. The molecule has 0 bridgehead atoms. The first-order chi connectivity index (χ1) is 7.82. The summed E-state index contributed by atoms with van der Waals surface area (Å²) in [6.45, 7) is 1.82. The Morgan fingerprint density at radius 3 is 2.65 bits per heavy atom. The SMILES string of the molecule is Cc1nc(CN(C)CC(C#N)C(F)(F)F)cs1. The molecular weight excluding hydrogens is 251 g/mol. The highest BCUT2D eigenvalue weighted by Crippen LogP contribution is 2.26. The van der Waals surface area contributed by atoms with Gasteiger partial charge >= 0.3 is 6.18 Å². The van der Waals surface area contributed by atoms with Gasteiger partial charge in [0.1, 0.15) is 0 Å². The van der Waals surface area contributed by atoms with Crippen molar-refractivity contribution in [1.82, 2.24) is 9.88 Å². The summed E-state index contributed by atoms with van der Waals surface area (Å²) in [6, 6.07) is 1.28. The lowest BCUT2D eigenvalue weighted by atomic mass is 10.1. The summed E-state index contributed by atoms with van der Waals surface area (Å²) >= 11 is 1.45. The molecule has 0 radical (unpaired) electrons. The van der Waals surface area contributed by atoms with E-state index in [1.54, 1.807) is 12.4 Å². The zero-order valence-corrected chi connectivity index (χ0v) is 10.3. The van der Waals surface area contributed by atoms with Gasteiger partial charge < -0.3 is 0 Å². The Morgan fingerprint density at radius 1 is 1.59 bits per heavy atom. The maximum absolute atomic E-state index is 12.4. The second-order valence-electron chi connectivity index (χ2n) is 3.78. The Balaban J connectivity index is 2.55. The fourth-order valence-corrected chi connectivity index (χ4v) is 1.95. The number of aryl methyl sites for hydroxylation is 1. The Bertz CT molecular complexity index is 408. The Morgan fingerprint density at radius 2 is 2.24 bits per heavy atom. The van der Waals surface area contributed by atoms with Gasteiger partial charge in [0.25, 0.3) is 0 Å². The van der Waals surface area contributed by atoms with Crippen LogP contribution in [0.5, 0.6) is 0 Å². The molecule has 7 heteroatoms. The van der Waals surface area contributed by atoms with Crippen LogP contribution in [0.3, 0.4) is 0 Å². The molecule has 1 unspecified atom stereocenters. The molecule has 1 atom stereocenters. The number of aromatic nitrogens is 1. The number of hydrogen-bond acceptors (Lipinski definition) is 4. The van der Waals surface area contributed by atoms with Crippen molar-refractivity contribution < 1.29 is 13.2 Å². The highest BCUT2D eigenvalue weighted by Gasteiger charge is 2.40. The molecule has 1 aromatic rings. The Hall–Kier alpha value is -1.13. The van der Waals surface area contributed by atoms with Gasteiger partial charge in [-0.1, -0.05) is 0 Å². The highest BCUT2D eigenvalue weighted by molar-refractivity contribution is 7.09. The van der Waals surface area contributed by atoms with Crippen LogP contribution in [0.1, 0.15) is 10.7 Å². The monoisotopic (exact) mass is 263 g/mol. The molecule has 0 aliphatic carbocycles. The van der Waals surface area contributed by atoms with Gasteiger partial charge in [-0.2, -0.15) is 18.4 Å². The first-order valence-electron chi connectivity index (χ1n) is 4.89. The maximum atomic E-state index is 12.4. The smallest absolute Gasteiger partial charge is 0.299 e. The molecule has 0 aliphatic rings. The number of nitriles is 1. The van der Waals surface area contributed by atoms with E-state index >= 15 is 0 Å². The normalized spacial score (nSPS) is 13.7. The largest absolute Gasteiger partial charge is 0.405 e. The lowest BCUT2D eigenvalue weighted by Gasteiger charge is -2.20. The number of thiazole rings is 1. The van der Waals surface area contributed by atoms with Crippen LogP contribution in [0.15, 0.2) is 5.38 Å². The zero-order chi connectivity index (χ0) is 13.1. The van der Waals surface area contributed by atoms with Crippen molar-refractivity contribution in [3.63, 3.8) is 0 Å². The third-order valence-electron chi connectivity index (χ3n) is 2.14. The van der Waals surface area contributed by atoms with Crippen molar-refractivity contribution in [3.8, 4) is 6.07 Å². The predicted molar refractivity (Wildman–Crippen MR) is 58.3 cm³/mol. The molecule has 0 N–H and O–H groups in total. The van der Waals surface area contributed by atoms with Crippen molar-refractivity contribution in [3.05, 3.63) is 16.1 Å². The lowest BCUT2D eigenvalue weighted by Crippen LogP contribution is -2.33. The molecule has 0 saturated heterocycles. The third kappa shape index (κ3) is 4.32. The predicted octanol–water partition coefficient (Wildman–Crippen LogP) is 2.59. The quantitative estimate of drug-likeness (QED) is 0.838. The summed E-state index contributed by atoms with van der Waals surface area (Å²) in [6.07, 6.45) is -4.47. The molecule has 0 aromatic carbocycles. The fourth-order valence-electron chi connectivity index (χ4n) is 1.35. The van der Waals surface area contributed by atoms with Gasteiger partial charge in [0.05, 0.1) is 16.8 Å². The van der Waals surface area contributed by atoms with Crippen LogP contribution in [-0.4, -0.2) is 29.7 Å². The van der Waals surface area contributed by atoms with Gasteiger partial charge in [-0.25, -0.2) is 4.98 Å². The Labute approximate surface area is 101 Å². The summed E-state index contributed by atoms with van der Waals surface area (Å²) in [5.41, 5.74) is 0.730. The van der Waals surface area contributed by atoms with Gasteiger partial charge in [-0.05, 0) is 14.0 Å². The number of halogens is 3. The van der Waals surface area contributed by atoms with Crippen LogP contribution >= 0.6 is 11.3 Å². The van der Waals surface area contributed by atoms with E-state index in [0.717, 1.165) is 10.7 Å². The second kappa shape index (κ2) is 5.47. The zero-order valence-electron chi connectivity index (χ0n) is 9.45. The first-order valence-corrected chi connectivity index (χ1v) is 5.76. The summed E-state index contributed by atoms with van der Waals surface area (Å²) in [7, 11) is 1.55. The van der Waals surface area contributed by atoms with E-state index < -0.39 is 12.1 Å². The molecular formula is C10H12F3N3S. The summed E-state index contributed by atoms with van der Waals surface area (Å²) in [5.74, 6) is -1.95. The van der Waals surface area contributed by atoms with Crippen molar-refractivity contribution >= 4 is 11.3 Å². The molecule has 3 nitrogen and oxygen atoms in total. The lowest BCUT2D eigenvalue weighted by molar-refractivity contribution is -0.162. The van der Waals surface area contributed by atoms with E-state index in [9.17, 15) is 13.2 Å². The third-order valence-corrected chi connectivity index (χ3v) is 2.97. The summed E-state index contributed by atoms with van der Waals surface area (Å²) in [5, 5.41) is 11.2. The Kier molecular flexibility index (Phi) is 4.48. The van der Waals surface area contributed by atoms with Crippen molar-refractivity contribution in [1.29, 1.82) is 5.26 Å². The molecule has 0 spiro atoms. The van der Waals surface area contributed by atoms with Gasteiger partial charge in [-0.3, -0.25) is 4.90 Å². The van der Waals surface area contributed by atoms with E-state index in [1.165, 1.54) is 22.3 Å². The average Bonchev–Trinajstić information content (AvgIpc) is 2.58. The molecule has 0 fully saturated rings. The summed E-state index contributed by atoms with van der Waals surface area (Å²) in [4.78, 5) is 5.61. The van der Waals surface area contributed by atoms with Gasteiger partial charge in [0, 0.05) is 18.5 Å². The van der Waals surface area contributed by atoms with Crippen molar-refractivity contribution in [2.24, 2.45) is 5.92 Å². The van der Waals surface area contributed by atoms with Crippen LogP contribution in [0.25, 0.3) is 0 Å².